The molecule has 70 heavy (non-hydrogen) atoms. The van der Waals surface area contributed by atoms with E-state index in [0.29, 0.717) is 16.2 Å². The fraction of sp³-hybridized carbons (Fsp3) is 0.304. The summed E-state index contributed by atoms with van der Waals surface area (Å²) < 4.78 is 0. The van der Waals surface area contributed by atoms with Gasteiger partial charge in [0.1, 0.15) is 0 Å². The largest absolute Gasteiger partial charge is 0.310 e. The van der Waals surface area contributed by atoms with Crippen LogP contribution in [0.2, 0.25) is 0 Å². The highest BCUT2D eigenvalue weighted by atomic mass is 15.1. The molecule has 5 atom stereocenters. The lowest BCUT2D eigenvalue weighted by Gasteiger charge is -2.57. The first-order valence-electron chi connectivity index (χ1n) is 27.1. The molecule has 7 bridgehead atoms. The third-order valence-electron chi connectivity index (χ3n) is 20.6. The first-order valence-corrected chi connectivity index (χ1v) is 27.1. The van der Waals surface area contributed by atoms with Crippen molar-refractivity contribution in [3.63, 3.8) is 0 Å². The lowest BCUT2D eigenvalue weighted by atomic mass is 9.48. The molecule has 0 amide bonds. The molecule has 0 aliphatic heterocycles. The number of fused-ring (bicyclic) bond motifs is 6. The van der Waals surface area contributed by atoms with E-state index in [9.17, 15) is 0 Å². The smallest absolute Gasteiger partial charge is 0.0468 e. The SMILES string of the molecule is c1ccc2cc(-c3cc(N(c4ccc(-c5ccc(C67CC8CC(CC(C8)C6)C7)cc5)cc4)c4ccc(C56CC7CC8CC(C5)C8(C7)C6)cc4)ccc3-c3cc4ccccc4c4ccccc34)ccc2c1. The van der Waals surface area contributed by atoms with Crippen LogP contribution in [0.3, 0.4) is 0 Å². The number of anilines is 3. The average molecular weight is 904 g/mol. The van der Waals surface area contributed by atoms with E-state index in [-0.39, 0.29) is 0 Å². The Morgan fingerprint density at radius 3 is 1.64 bits per heavy atom. The fourth-order valence-electron chi connectivity index (χ4n) is 18.2. The van der Waals surface area contributed by atoms with E-state index in [1.54, 1.807) is 11.1 Å². The van der Waals surface area contributed by atoms with Crippen molar-refractivity contribution in [2.75, 3.05) is 4.90 Å². The highest BCUT2D eigenvalue weighted by Crippen LogP contribution is 2.79. The van der Waals surface area contributed by atoms with Crippen LogP contribution in [0, 0.1) is 40.9 Å². The van der Waals surface area contributed by atoms with Crippen LogP contribution in [0.25, 0.3) is 65.7 Å². The van der Waals surface area contributed by atoms with Gasteiger partial charge < -0.3 is 4.90 Å². The molecular weight excluding hydrogens is 843 g/mol. The maximum absolute atomic E-state index is 2.54. The van der Waals surface area contributed by atoms with Crippen LogP contribution in [-0.2, 0) is 10.8 Å². The van der Waals surface area contributed by atoms with Crippen LogP contribution in [-0.4, -0.2) is 0 Å². The Hall–Kier alpha value is -6.44. The van der Waals surface area contributed by atoms with Gasteiger partial charge in [-0.15, -0.1) is 0 Å². The van der Waals surface area contributed by atoms with Gasteiger partial charge in [-0.1, -0.05) is 140 Å². The molecular formula is C69H61N. The summed E-state index contributed by atoms with van der Waals surface area (Å²) in [4.78, 5) is 2.53. The summed E-state index contributed by atoms with van der Waals surface area (Å²) in [7, 11) is 0. The third-order valence-corrected chi connectivity index (χ3v) is 20.6. The van der Waals surface area contributed by atoms with Gasteiger partial charge in [0.05, 0.1) is 0 Å². The molecule has 0 radical (unpaired) electrons. The summed E-state index contributed by atoms with van der Waals surface area (Å²) in [5, 5.41) is 7.67. The van der Waals surface area contributed by atoms with Crippen molar-refractivity contribution in [3.8, 4) is 33.4 Å². The standard InChI is InChI=1S/C69H61N/c1-2-8-51-33-53(14-13-48(51)7-1)65-36-60(27-28-64(65)66-34-52-9-3-4-10-61(52)62-11-5-6-12-63(62)66)70(59-25-21-55(22-26-59)68-40-47-32-56-35-57(42-68)69(56,41-47)43-68)58-23-17-50(18-24-58)49-15-19-54(20-16-49)67-37-44-29-45(38-67)31-46(30-44)39-67/h1-28,33-34,36,44-47,56-57H,29-32,35,37-43H2. The summed E-state index contributed by atoms with van der Waals surface area (Å²) in [6.45, 7) is 0. The minimum absolute atomic E-state index is 0.364. The Kier molecular flexibility index (Phi) is 8.52. The zero-order chi connectivity index (χ0) is 45.8. The second-order valence-corrected chi connectivity index (χ2v) is 24.2. The van der Waals surface area contributed by atoms with Crippen molar-refractivity contribution >= 4 is 49.4 Å². The van der Waals surface area contributed by atoms with E-state index >= 15 is 0 Å². The van der Waals surface area contributed by atoms with E-state index < -0.39 is 0 Å². The first-order chi connectivity index (χ1) is 34.4. The second kappa shape index (κ2) is 14.8. The number of benzene rings is 9. The summed E-state index contributed by atoms with van der Waals surface area (Å²) in [5.74, 6) is 5.77. The number of hydrogen-bond donors (Lipinski definition) is 0. The van der Waals surface area contributed by atoms with Crippen molar-refractivity contribution in [1.82, 2.24) is 0 Å². The third kappa shape index (κ3) is 5.96. The molecule has 0 N–H and O–H groups in total. The predicted octanol–water partition coefficient (Wildman–Crippen LogP) is 18.6. The van der Waals surface area contributed by atoms with Gasteiger partial charge in [-0.2, -0.15) is 0 Å². The highest BCUT2D eigenvalue weighted by molar-refractivity contribution is 6.15. The molecule has 1 spiro atoms. The van der Waals surface area contributed by atoms with E-state index in [2.05, 4.69) is 193 Å². The summed E-state index contributed by atoms with van der Waals surface area (Å²) in [6.07, 6.45) is 17.5. The Balaban J connectivity index is 0.825. The molecule has 342 valence electrons. The van der Waals surface area contributed by atoms with E-state index in [1.165, 1.54) is 160 Å². The second-order valence-electron chi connectivity index (χ2n) is 24.2. The van der Waals surface area contributed by atoms with Crippen molar-refractivity contribution in [1.29, 1.82) is 0 Å². The van der Waals surface area contributed by atoms with Crippen molar-refractivity contribution in [3.05, 3.63) is 199 Å². The normalized spacial score (nSPS) is 29.8. The van der Waals surface area contributed by atoms with Gasteiger partial charge in [0, 0.05) is 17.1 Å². The lowest BCUT2D eigenvalue weighted by molar-refractivity contribution is -0.00518. The van der Waals surface area contributed by atoms with Crippen LogP contribution in [0.15, 0.2) is 188 Å². The molecule has 8 aliphatic rings. The lowest BCUT2D eigenvalue weighted by Crippen LogP contribution is -2.48. The van der Waals surface area contributed by atoms with Crippen molar-refractivity contribution < 1.29 is 0 Å². The Morgan fingerprint density at radius 2 is 0.900 bits per heavy atom. The maximum atomic E-state index is 2.54. The summed E-state index contributed by atoms with van der Waals surface area (Å²) >= 11 is 0. The zero-order valence-corrected chi connectivity index (χ0v) is 40.3. The molecule has 1 heteroatoms. The molecule has 8 aliphatic carbocycles. The van der Waals surface area contributed by atoms with E-state index in [1.807, 2.05) is 0 Å². The van der Waals surface area contributed by atoms with Crippen LogP contribution < -0.4 is 4.90 Å². The monoisotopic (exact) mass is 903 g/mol. The van der Waals surface area contributed by atoms with Crippen LogP contribution in [0.1, 0.15) is 88.2 Å². The van der Waals surface area contributed by atoms with E-state index in [0.717, 1.165) is 35.5 Å². The maximum Gasteiger partial charge on any atom is 0.0468 e. The highest BCUT2D eigenvalue weighted by Gasteiger charge is 2.71. The minimum atomic E-state index is 0.364. The molecule has 9 aromatic carbocycles. The van der Waals surface area contributed by atoms with Crippen LogP contribution >= 0.6 is 0 Å². The van der Waals surface area contributed by atoms with Crippen LogP contribution in [0.5, 0.6) is 0 Å². The molecule has 5 unspecified atom stereocenters. The summed E-state index contributed by atoms with van der Waals surface area (Å²) in [5.41, 5.74) is 15.8. The van der Waals surface area contributed by atoms with Crippen molar-refractivity contribution in [2.45, 2.75) is 87.9 Å². The Labute approximate surface area is 413 Å². The predicted molar refractivity (Wildman–Crippen MR) is 292 cm³/mol. The average Bonchev–Trinajstić information content (AvgIpc) is 3.72. The van der Waals surface area contributed by atoms with Gasteiger partial charge in [0.2, 0.25) is 0 Å². The molecule has 1 nitrogen and oxygen atoms in total. The topological polar surface area (TPSA) is 3.24 Å². The van der Waals surface area contributed by atoms with E-state index in [4.69, 9.17) is 0 Å². The molecule has 8 saturated carbocycles. The number of hydrogen-bond acceptors (Lipinski definition) is 1. The van der Waals surface area contributed by atoms with Gasteiger partial charge in [0.15, 0.2) is 0 Å². The van der Waals surface area contributed by atoms with Gasteiger partial charge in [0.25, 0.3) is 0 Å². The number of nitrogens with zero attached hydrogens (tertiary/aromatic N) is 1. The van der Waals surface area contributed by atoms with Crippen LogP contribution in [0.4, 0.5) is 17.1 Å². The molecule has 9 aromatic rings. The minimum Gasteiger partial charge on any atom is -0.310 e. The van der Waals surface area contributed by atoms with Crippen molar-refractivity contribution in [2.24, 2.45) is 40.9 Å². The van der Waals surface area contributed by atoms with Gasteiger partial charge in [-0.25, -0.2) is 0 Å². The number of rotatable bonds is 8. The summed E-state index contributed by atoms with van der Waals surface area (Å²) in [6, 6.07) is 72.8. The van der Waals surface area contributed by atoms with Gasteiger partial charge in [-0.3, -0.25) is 0 Å². The Bertz CT molecular complexity index is 3520. The zero-order valence-electron chi connectivity index (χ0n) is 40.3. The molecule has 8 fully saturated rings. The molecule has 0 heterocycles. The molecule has 0 aromatic heterocycles. The quantitative estimate of drug-likeness (QED) is 0.137. The van der Waals surface area contributed by atoms with Gasteiger partial charge >= 0.3 is 0 Å². The molecule has 17 rings (SSSR count). The first kappa shape index (κ1) is 40.3. The van der Waals surface area contributed by atoms with Gasteiger partial charge in [-0.05, 0) is 254 Å². The Morgan fingerprint density at radius 1 is 0.329 bits per heavy atom. The fourth-order valence-corrected chi connectivity index (χ4v) is 18.2. The molecule has 0 saturated heterocycles.